The highest BCUT2D eigenvalue weighted by Crippen LogP contribution is 2.17. The molecule has 4 nitrogen and oxygen atoms in total. The van der Waals surface area contributed by atoms with E-state index in [4.69, 9.17) is 9.47 Å². The Morgan fingerprint density at radius 2 is 2.05 bits per heavy atom. The van der Waals surface area contributed by atoms with E-state index in [0.717, 1.165) is 45.1 Å². The van der Waals surface area contributed by atoms with Crippen molar-refractivity contribution in [3.05, 3.63) is 0 Å². The summed E-state index contributed by atoms with van der Waals surface area (Å²) in [5.41, 5.74) is 0. The first-order chi connectivity index (χ1) is 9.22. The van der Waals surface area contributed by atoms with Crippen LogP contribution in [0.15, 0.2) is 0 Å². The highest BCUT2D eigenvalue weighted by molar-refractivity contribution is 4.72. The lowest BCUT2D eigenvalue weighted by Crippen LogP contribution is -2.38. The molecule has 1 aliphatic rings. The van der Waals surface area contributed by atoms with Gasteiger partial charge in [0.2, 0.25) is 0 Å². The van der Waals surface area contributed by atoms with E-state index in [9.17, 15) is 0 Å². The minimum atomic E-state index is 0.732. The van der Waals surface area contributed by atoms with Crippen molar-refractivity contribution in [1.29, 1.82) is 0 Å². The van der Waals surface area contributed by atoms with E-state index in [0.29, 0.717) is 0 Å². The molecular formula is C15H32N2O2. The molecule has 0 spiro atoms. The Balaban J connectivity index is 2.03. The molecule has 1 heterocycles. The van der Waals surface area contributed by atoms with Crippen molar-refractivity contribution in [3.63, 3.8) is 0 Å². The Labute approximate surface area is 119 Å². The van der Waals surface area contributed by atoms with Crippen molar-refractivity contribution >= 4 is 0 Å². The van der Waals surface area contributed by atoms with Crippen LogP contribution in [0, 0.1) is 5.92 Å². The fourth-order valence-corrected chi connectivity index (χ4v) is 2.66. The lowest BCUT2D eigenvalue weighted by atomic mass is 9.99. The van der Waals surface area contributed by atoms with Crippen LogP contribution >= 0.6 is 0 Å². The molecule has 19 heavy (non-hydrogen) atoms. The quantitative estimate of drug-likeness (QED) is 0.565. The first kappa shape index (κ1) is 16.9. The van der Waals surface area contributed by atoms with E-state index in [2.05, 4.69) is 23.9 Å². The van der Waals surface area contributed by atoms with Crippen molar-refractivity contribution in [2.75, 3.05) is 67.2 Å². The highest BCUT2D eigenvalue weighted by atomic mass is 16.5. The first-order valence-electron chi connectivity index (χ1n) is 7.66. The number of hydrogen-bond acceptors (Lipinski definition) is 4. The van der Waals surface area contributed by atoms with E-state index in [1.807, 2.05) is 0 Å². The summed E-state index contributed by atoms with van der Waals surface area (Å²) in [5, 5.41) is 0. The summed E-state index contributed by atoms with van der Waals surface area (Å²) in [6.07, 6.45) is 4.93. The third-order valence-electron chi connectivity index (χ3n) is 3.67. The number of methoxy groups -OCH3 is 1. The van der Waals surface area contributed by atoms with Gasteiger partial charge in [-0.2, -0.15) is 0 Å². The predicted molar refractivity (Wildman–Crippen MR) is 79.6 cm³/mol. The number of nitrogens with zero attached hydrogens (tertiary/aromatic N) is 2. The van der Waals surface area contributed by atoms with E-state index >= 15 is 0 Å². The second-order valence-corrected chi connectivity index (χ2v) is 5.89. The predicted octanol–water partition coefficient (Wildman–Crippen LogP) is 1.70. The maximum atomic E-state index is 5.82. The van der Waals surface area contributed by atoms with Crippen LogP contribution in [-0.4, -0.2) is 77.0 Å². The summed E-state index contributed by atoms with van der Waals surface area (Å²) >= 11 is 0. The number of ether oxygens (including phenoxy) is 2. The molecule has 1 rings (SSSR count). The molecular weight excluding hydrogens is 240 g/mol. The largest absolute Gasteiger partial charge is 0.385 e. The molecule has 0 bridgehead atoms. The Bertz CT molecular complexity index is 212. The van der Waals surface area contributed by atoms with Gasteiger partial charge in [0, 0.05) is 33.4 Å². The second-order valence-electron chi connectivity index (χ2n) is 5.89. The van der Waals surface area contributed by atoms with Crippen LogP contribution in [0.5, 0.6) is 0 Å². The van der Waals surface area contributed by atoms with E-state index in [-0.39, 0.29) is 0 Å². The van der Waals surface area contributed by atoms with E-state index in [1.165, 1.54) is 32.5 Å². The molecule has 1 aliphatic heterocycles. The molecule has 0 aromatic carbocycles. The molecule has 0 aliphatic carbocycles. The number of rotatable bonds is 10. The standard InChI is InChI=1S/C15H32N2O2/c1-16(2)8-5-12-19-14-15-7-4-9-17(13-15)10-6-11-18-3/h15H,4-14H2,1-3H3. The molecule has 114 valence electrons. The van der Waals surface area contributed by atoms with Gasteiger partial charge in [-0.3, -0.25) is 0 Å². The first-order valence-corrected chi connectivity index (χ1v) is 7.66. The summed E-state index contributed by atoms with van der Waals surface area (Å²) in [4.78, 5) is 4.78. The third-order valence-corrected chi connectivity index (χ3v) is 3.67. The van der Waals surface area contributed by atoms with Crippen molar-refractivity contribution in [3.8, 4) is 0 Å². The van der Waals surface area contributed by atoms with Crippen molar-refractivity contribution in [2.24, 2.45) is 5.92 Å². The SMILES string of the molecule is COCCCN1CCCC(COCCCN(C)C)C1. The van der Waals surface area contributed by atoms with E-state index < -0.39 is 0 Å². The lowest BCUT2D eigenvalue weighted by molar-refractivity contribution is 0.0545. The third kappa shape index (κ3) is 8.58. The molecule has 1 saturated heterocycles. The van der Waals surface area contributed by atoms with Crippen molar-refractivity contribution in [2.45, 2.75) is 25.7 Å². The Morgan fingerprint density at radius 1 is 1.21 bits per heavy atom. The van der Waals surface area contributed by atoms with Gasteiger partial charge in [0.25, 0.3) is 0 Å². The molecule has 1 fully saturated rings. The van der Waals surface area contributed by atoms with Crippen LogP contribution in [0.25, 0.3) is 0 Å². The molecule has 0 radical (unpaired) electrons. The maximum absolute atomic E-state index is 5.82. The number of hydrogen-bond donors (Lipinski definition) is 0. The normalized spacial score (nSPS) is 21.2. The lowest BCUT2D eigenvalue weighted by Gasteiger charge is -2.32. The maximum Gasteiger partial charge on any atom is 0.0506 e. The van der Waals surface area contributed by atoms with Gasteiger partial charge in [0.15, 0.2) is 0 Å². The second kappa shape index (κ2) is 10.6. The zero-order valence-electron chi connectivity index (χ0n) is 13.1. The topological polar surface area (TPSA) is 24.9 Å². The molecule has 0 aromatic rings. The van der Waals surface area contributed by atoms with Gasteiger partial charge in [0.05, 0.1) is 6.61 Å². The van der Waals surface area contributed by atoms with Crippen LogP contribution in [0.2, 0.25) is 0 Å². The van der Waals surface area contributed by atoms with Gasteiger partial charge >= 0.3 is 0 Å². The highest BCUT2D eigenvalue weighted by Gasteiger charge is 2.19. The monoisotopic (exact) mass is 272 g/mol. The van der Waals surface area contributed by atoms with Gasteiger partial charge in [-0.1, -0.05) is 0 Å². The van der Waals surface area contributed by atoms with Gasteiger partial charge in [-0.15, -0.1) is 0 Å². The molecule has 0 N–H and O–H groups in total. The van der Waals surface area contributed by atoms with Crippen molar-refractivity contribution < 1.29 is 9.47 Å². The van der Waals surface area contributed by atoms with Gasteiger partial charge in [-0.25, -0.2) is 0 Å². The van der Waals surface area contributed by atoms with Crippen LogP contribution < -0.4 is 0 Å². The Kier molecular flexibility index (Phi) is 9.43. The average molecular weight is 272 g/mol. The summed E-state index contributed by atoms with van der Waals surface area (Å²) in [5.74, 6) is 0.732. The molecule has 4 heteroatoms. The smallest absolute Gasteiger partial charge is 0.0506 e. The van der Waals surface area contributed by atoms with Crippen molar-refractivity contribution in [1.82, 2.24) is 9.80 Å². The molecule has 0 saturated carbocycles. The summed E-state index contributed by atoms with van der Waals surface area (Å²) in [6, 6.07) is 0. The fraction of sp³-hybridized carbons (Fsp3) is 1.00. The summed E-state index contributed by atoms with van der Waals surface area (Å²) in [6.45, 7) is 7.46. The van der Waals surface area contributed by atoms with Gasteiger partial charge in [-0.05, 0) is 58.8 Å². The summed E-state index contributed by atoms with van der Waals surface area (Å²) < 4.78 is 10.9. The molecule has 0 aromatic heterocycles. The zero-order chi connectivity index (χ0) is 13.9. The minimum absolute atomic E-state index is 0.732. The number of piperidine rings is 1. The minimum Gasteiger partial charge on any atom is -0.385 e. The van der Waals surface area contributed by atoms with E-state index in [1.54, 1.807) is 7.11 Å². The average Bonchev–Trinajstić information content (AvgIpc) is 2.39. The van der Waals surface area contributed by atoms with Gasteiger partial charge in [0.1, 0.15) is 0 Å². The van der Waals surface area contributed by atoms with Crippen LogP contribution in [0.3, 0.4) is 0 Å². The van der Waals surface area contributed by atoms with Crippen LogP contribution in [-0.2, 0) is 9.47 Å². The van der Waals surface area contributed by atoms with Crippen LogP contribution in [0.1, 0.15) is 25.7 Å². The molecule has 1 unspecified atom stereocenters. The molecule has 0 amide bonds. The fourth-order valence-electron chi connectivity index (χ4n) is 2.66. The van der Waals surface area contributed by atoms with Crippen LogP contribution in [0.4, 0.5) is 0 Å². The summed E-state index contributed by atoms with van der Waals surface area (Å²) in [7, 11) is 6.00. The van der Waals surface area contributed by atoms with Gasteiger partial charge < -0.3 is 19.3 Å². The number of likely N-dealkylation sites (tertiary alicyclic amines) is 1. The Morgan fingerprint density at radius 3 is 2.79 bits per heavy atom. The molecule has 1 atom stereocenters. The zero-order valence-corrected chi connectivity index (χ0v) is 13.1. The Hall–Kier alpha value is -0.160.